The molecule has 0 radical (unpaired) electrons. The van der Waals surface area contributed by atoms with E-state index >= 15 is 0 Å². The minimum absolute atomic E-state index is 0.0880. The second-order valence-electron chi connectivity index (χ2n) is 5.49. The third-order valence-corrected chi connectivity index (χ3v) is 4.00. The zero-order valence-electron chi connectivity index (χ0n) is 11.9. The number of carboxylic acids is 1. The molecule has 1 aromatic carbocycles. The van der Waals surface area contributed by atoms with Gasteiger partial charge >= 0.3 is 5.97 Å². The maximum Gasteiger partial charge on any atom is 0.335 e. The lowest BCUT2D eigenvalue weighted by Gasteiger charge is -2.12. The van der Waals surface area contributed by atoms with Gasteiger partial charge in [-0.3, -0.25) is 4.79 Å². The van der Waals surface area contributed by atoms with E-state index in [1.54, 1.807) is 0 Å². The van der Waals surface area contributed by atoms with Gasteiger partial charge in [-0.2, -0.15) is 0 Å². The summed E-state index contributed by atoms with van der Waals surface area (Å²) >= 11 is 5.95. The van der Waals surface area contributed by atoms with Crippen molar-refractivity contribution in [3.05, 3.63) is 28.8 Å². The van der Waals surface area contributed by atoms with Crippen molar-refractivity contribution >= 4 is 29.2 Å². The van der Waals surface area contributed by atoms with Crippen LogP contribution in [0.1, 0.15) is 30.1 Å². The molecule has 1 fully saturated rings. The summed E-state index contributed by atoms with van der Waals surface area (Å²) in [6.45, 7) is 3.17. The summed E-state index contributed by atoms with van der Waals surface area (Å²) in [7, 11) is 0. The summed E-state index contributed by atoms with van der Waals surface area (Å²) in [6.07, 6.45) is 2.57. The first-order chi connectivity index (χ1) is 9.97. The van der Waals surface area contributed by atoms with Crippen LogP contribution < -0.4 is 10.6 Å². The average molecular weight is 311 g/mol. The number of carbonyl (C=O) groups excluding carboxylic acids is 1. The van der Waals surface area contributed by atoms with Crippen LogP contribution in [0.2, 0.25) is 5.02 Å². The molecule has 5 nitrogen and oxygen atoms in total. The van der Waals surface area contributed by atoms with Crippen molar-refractivity contribution in [2.24, 2.45) is 11.8 Å². The van der Waals surface area contributed by atoms with Crippen LogP contribution in [0, 0.1) is 11.8 Å². The molecule has 1 saturated carbocycles. The molecule has 1 atom stereocenters. The van der Waals surface area contributed by atoms with E-state index in [0.717, 1.165) is 12.5 Å². The molecule has 1 aliphatic rings. The quantitative estimate of drug-likeness (QED) is 0.723. The number of anilines is 1. The summed E-state index contributed by atoms with van der Waals surface area (Å²) in [5, 5.41) is 15.0. The average Bonchev–Trinajstić information content (AvgIpc) is 3.25. The van der Waals surface area contributed by atoms with E-state index in [9.17, 15) is 9.59 Å². The number of rotatable bonds is 7. The van der Waals surface area contributed by atoms with E-state index in [1.807, 2.05) is 0 Å². The molecule has 0 aromatic heterocycles. The van der Waals surface area contributed by atoms with Crippen LogP contribution in [0.25, 0.3) is 0 Å². The van der Waals surface area contributed by atoms with Gasteiger partial charge in [-0.15, -0.1) is 0 Å². The molecule has 1 aromatic rings. The van der Waals surface area contributed by atoms with Gasteiger partial charge in [0.2, 0.25) is 5.91 Å². The minimum Gasteiger partial charge on any atom is -0.478 e. The normalized spacial score (nSPS) is 15.5. The third-order valence-electron chi connectivity index (χ3n) is 3.67. The highest BCUT2D eigenvalue weighted by Crippen LogP contribution is 2.36. The monoisotopic (exact) mass is 310 g/mol. The molecule has 0 saturated heterocycles. The van der Waals surface area contributed by atoms with Crippen molar-refractivity contribution in [3.8, 4) is 0 Å². The number of aromatic carboxylic acids is 1. The van der Waals surface area contributed by atoms with Gasteiger partial charge in [0.05, 0.1) is 22.8 Å². The van der Waals surface area contributed by atoms with Gasteiger partial charge in [0.1, 0.15) is 0 Å². The number of hydrogen-bond acceptors (Lipinski definition) is 3. The summed E-state index contributed by atoms with van der Waals surface area (Å²) in [5.74, 6) is 0.0833. The lowest BCUT2D eigenvalue weighted by Crippen LogP contribution is -2.31. The Balaban J connectivity index is 1.83. The van der Waals surface area contributed by atoms with Crippen molar-refractivity contribution in [2.45, 2.75) is 19.8 Å². The van der Waals surface area contributed by atoms with E-state index in [1.165, 1.54) is 31.0 Å². The van der Waals surface area contributed by atoms with Crippen molar-refractivity contribution < 1.29 is 14.7 Å². The maximum atomic E-state index is 11.8. The van der Waals surface area contributed by atoms with Crippen molar-refractivity contribution in [1.82, 2.24) is 5.32 Å². The Morgan fingerprint density at radius 2 is 2.14 bits per heavy atom. The second-order valence-corrected chi connectivity index (χ2v) is 5.90. The molecule has 1 unspecified atom stereocenters. The number of halogens is 1. The summed E-state index contributed by atoms with van der Waals surface area (Å²) < 4.78 is 0. The van der Waals surface area contributed by atoms with Gasteiger partial charge in [-0.05, 0) is 49.4 Å². The second kappa shape index (κ2) is 6.91. The number of nitrogens with one attached hydrogen (secondary N) is 2. The highest BCUT2D eigenvalue weighted by molar-refractivity contribution is 6.33. The molecule has 0 heterocycles. The number of carboxylic acid groups (broad SMARTS) is 1. The smallest absolute Gasteiger partial charge is 0.335 e. The molecule has 2 rings (SSSR count). The van der Waals surface area contributed by atoms with Crippen LogP contribution in [0.4, 0.5) is 5.69 Å². The predicted octanol–water partition coefficient (Wildman–Crippen LogP) is 2.61. The van der Waals surface area contributed by atoms with Crippen molar-refractivity contribution in [1.29, 1.82) is 0 Å². The van der Waals surface area contributed by atoms with Crippen LogP contribution in [0.3, 0.4) is 0 Å². The number of hydrogen-bond donors (Lipinski definition) is 3. The van der Waals surface area contributed by atoms with Gasteiger partial charge in [0.15, 0.2) is 0 Å². The molecule has 0 aliphatic heterocycles. The van der Waals surface area contributed by atoms with Crippen LogP contribution in [0.5, 0.6) is 0 Å². The van der Waals surface area contributed by atoms with E-state index < -0.39 is 5.97 Å². The molecule has 21 heavy (non-hydrogen) atoms. The van der Waals surface area contributed by atoms with Crippen LogP contribution in [-0.2, 0) is 4.79 Å². The topological polar surface area (TPSA) is 78.4 Å². The molecule has 0 spiro atoms. The van der Waals surface area contributed by atoms with E-state index in [2.05, 4.69) is 17.6 Å². The fourth-order valence-corrected chi connectivity index (χ4v) is 2.36. The van der Waals surface area contributed by atoms with Gasteiger partial charge < -0.3 is 15.7 Å². The Labute approximate surface area is 128 Å². The molecule has 6 heteroatoms. The maximum absolute atomic E-state index is 11.8. The first-order valence-electron chi connectivity index (χ1n) is 7.00. The van der Waals surface area contributed by atoms with Crippen molar-refractivity contribution in [2.75, 3.05) is 18.4 Å². The van der Waals surface area contributed by atoms with Crippen molar-refractivity contribution in [3.63, 3.8) is 0 Å². The molecule has 3 N–H and O–H groups in total. The summed E-state index contributed by atoms with van der Waals surface area (Å²) in [4.78, 5) is 22.7. The highest BCUT2D eigenvalue weighted by Gasteiger charge is 2.27. The molecule has 0 bridgehead atoms. The van der Waals surface area contributed by atoms with Crippen LogP contribution in [0.15, 0.2) is 18.2 Å². The minimum atomic E-state index is -1.06. The Morgan fingerprint density at radius 3 is 2.76 bits per heavy atom. The number of amides is 1. The summed E-state index contributed by atoms with van der Waals surface area (Å²) in [6, 6.07) is 4.22. The largest absolute Gasteiger partial charge is 0.478 e. The molecular formula is C15H19ClN2O3. The number of benzene rings is 1. The zero-order chi connectivity index (χ0) is 15.4. The van der Waals surface area contributed by atoms with Crippen LogP contribution in [-0.4, -0.2) is 30.1 Å². The lowest BCUT2D eigenvalue weighted by atomic mass is 10.1. The molecule has 114 valence electrons. The molecular weight excluding hydrogens is 292 g/mol. The van der Waals surface area contributed by atoms with Crippen LogP contribution >= 0.6 is 11.6 Å². The van der Waals surface area contributed by atoms with Gasteiger partial charge in [0.25, 0.3) is 0 Å². The highest BCUT2D eigenvalue weighted by atomic mass is 35.5. The van der Waals surface area contributed by atoms with E-state index in [4.69, 9.17) is 16.7 Å². The van der Waals surface area contributed by atoms with Gasteiger partial charge in [0, 0.05) is 0 Å². The Bertz CT molecular complexity index is 544. The van der Waals surface area contributed by atoms with Gasteiger partial charge in [-0.25, -0.2) is 4.79 Å². The fraction of sp³-hybridized carbons (Fsp3) is 0.467. The van der Waals surface area contributed by atoms with Gasteiger partial charge in [-0.1, -0.05) is 18.5 Å². The third kappa shape index (κ3) is 4.72. The first kappa shape index (κ1) is 15.8. The SMILES string of the molecule is CC(CNCC(=O)Nc1cc(C(=O)O)ccc1Cl)C1CC1. The Kier molecular flexibility index (Phi) is 5.20. The first-order valence-corrected chi connectivity index (χ1v) is 7.38. The lowest BCUT2D eigenvalue weighted by molar-refractivity contribution is -0.115. The number of carbonyl (C=O) groups is 2. The standard InChI is InChI=1S/C15H19ClN2O3/c1-9(10-2-3-10)7-17-8-14(19)18-13-6-11(15(20)21)4-5-12(13)16/h4-6,9-10,17H,2-3,7-8H2,1H3,(H,18,19)(H,20,21). The fourth-order valence-electron chi connectivity index (χ4n) is 2.19. The van der Waals surface area contributed by atoms with E-state index in [-0.39, 0.29) is 18.0 Å². The molecule has 1 amide bonds. The Hall–Kier alpha value is -1.59. The summed E-state index contributed by atoms with van der Waals surface area (Å²) in [5.41, 5.74) is 0.406. The zero-order valence-corrected chi connectivity index (χ0v) is 12.6. The molecule has 1 aliphatic carbocycles. The van der Waals surface area contributed by atoms with E-state index in [0.29, 0.717) is 16.6 Å². The Morgan fingerprint density at radius 1 is 1.43 bits per heavy atom. The predicted molar refractivity (Wildman–Crippen MR) is 81.8 cm³/mol.